The molecule has 0 amide bonds. The maximum absolute atomic E-state index is 5.99. The van der Waals surface area contributed by atoms with Gasteiger partial charge in [0.15, 0.2) is 0 Å². The Labute approximate surface area is 145 Å². The van der Waals surface area contributed by atoms with E-state index >= 15 is 0 Å². The predicted molar refractivity (Wildman–Crippen MR) is 88.2 cm³/mol. The second kappa shape index (κ2) is 6.95. The van der Waals surface area contributed by atoms with Crippen molar-refractivity contribution in [1.29, 1.82) is 0 Å². The van der Waals surface area contributed by atoms with Crippen LogP contribution in [0.3, 0.4) is 0 Å². The van der Waals surface area contributed by atoms with E-state index < -0.39 is 0 Å². The topological polar surface area (TPSA) is 68.4 Å². The quantitative estimate of drug-likeness (QED) is 0.555. The molecule has 5 nitrogen and oxygen atoms in total. The number of pyridine rings is 1. The van der Waals surface area contributed by atoms with Crippen LogP contribution < -0.4 is 17.7 Å². The van der Waals surface area contributed by atoms with E-state index in [2.05, 4.69) is 27.2 Å². The summed E-state index contributed by atoms with van der Waals surface area (Å²) in [7, 11) is 0. The number of rotatable bonds is 4. The van der Waals surface area contributed by atoms with Crippen molar-refractivity contribution in [1.82, 2.24) is 15.0 Å². The van der Waals surface area contributed by atoms with Gasteiger partial charge in [0.1, 0.15) is 23.5 Å². The number of furan rings is 1. The van der Waals surface area contributed by atoms with E-state index in [4.69, 9.17) is 4.42 Å². The largest absolute Gasteiger partial charge is 1.00 e. The van der Waals surface area contributed by atoms with E-state index in [1.807, 2.05) is 42.5 Å². The van der Waals surface area contributed by atoms with Gasteiger partial charge in [-0.05, 0) is 24.3 Å². The molecule has 0 unspecified atom stereocenters. The molecule has 122 valence electrons. The van der Waals surface area contributed by atoms with Gasteiger partial charge in [-0.2, -0.15) is 4.98 Å². The number of quaternary nitrogens is 1. The van der Waals surface area contributed by atoms with E-state index in [-0.39, 0.29) is 12.4 Å². The standard InChI is InChI=1S/C18H16N4O.ClH/c1-2-15-21-16-13-8-3-4-9-14(13)23-17(16)18(22-15)20-11-12-7-5-6-10-19-12;/h3-10H,2,11H2,1H3,(H,20,21,22);1H. The maximum atomic E-state index is 5.99. The summed E-state index contributed by atoms with van der Waals surface area (Å²) in [4.78, 5) is 13.7. The number of nitrogens with zero attached hydrogens (tertiary/aromatic N) is 3. The van der Waals surface area contributed by atoms with Crippen LogP contribution in [0.2, 0.25) is 0 Å². The van der Waals surface area contributed by atoms with Crippen molar-refractivity contribution in [3.63, 3.8) is 0 Å². The highest BCUT2D eigenvalue weighted by Gasteiger charge is 2.17. The SMILES string of the molecule is CCc1nc([NH2+]Cc2ccccn2)c2oc3ccccc3c2n1.[Cl-]. The van der Waals surface area contributed by atoms with Gasteiger partial charge >= 0.3 is 0 Å². The van der Waals surface area contributed by atoms with Gasteiger partial charge in [-0.1, -0.05) is 25.1 Å². The first-order chi connectivity index (χ1) is 11.3. The molecule has 0 saturated heterocycles. The zero-order valence-electron chi connectivity index (χ0n) is 13.2. The van der Waals surface area contributed by atoms with Crippen LogP contribution in [0.4, 0.5) is 5.82 Å². The predicted octanol–water partition coefficient (Wildman–Crippen LogP) is -0.267. The molecule has 4 aromatic rings. The summed E-state index contributed by atoms with van der Waals surface area (Å²) in [5.74, 6) is 1.67. The van der Waals surface area contributed by atoms with Crippen molar-refractivity contribution in [2.45, 2.75) is 19.9 Å². The summed E-state index contributed by atoms with van der Waals surface area (Å²) in [6, 6.07) is 13.9. The Morgan fingerprint density at radius 1 is 1.04 bits per heavy atom. The molecule has 0 saturated carbocycles. The van der Waals surface area contributed by atoms with Crippen LogP contribution in [0.1, 0.15) is 18.4 Å². The van der Waals surface area contributed by atoms with E-state index in [1.54, 1.807) is 6.20 Å². The summed E-state index contributed by atoms with van der Waals surface area (Å²) >= 11 is 0. The molecule has 1 aromatic carbocycles. The molecule has 6 heteroatoms. The molecule has 24 heavy (non-hydrogen) atoms. The monoisotopic (exact) mass is 340 g/mol. The molecule has 0 fully saturated rings. The molecule has 3 heterocycles. The van der Waals surface area contributed by atoms with Crippen LogP contribution >= 0.6 is 0 Å². The van der Waals surface area contributed by atoms with Crippen molar-refractivity contribution in [2.24, 2.45) is 0 Å². The van der Waals surface area contributed by atoms with Crippen molar-refractivity contribution in [2.75, 3.05) is 0 Å². The lowest BCUT2D eigenvalue weighted by atomic mass is 10.2. The third-order valence-electron chi connectivity index (χ3n) is 3.84. The molecule has 0 aliphatic rings. The van der Waals surface area contributed by atoms with Crippen molar-refractivity contribution >= 4 is 27.9 Å². The molecule has 0 spiro atoms. The summed E-state index contributed by atoms with van der Waals surface area (Å²) in [5, 5.41) is 3.10. The van der Waals surface area contributed by atoms with Gasteiger partial charge in [0.25, 0.3) is 5.82 Å². The normalized spacial score (nSPS) is 10.9. The fourth-order valence-corrected chi connectivity index (χ4v) is 2.68. The summed E-state index contributed by atoms with van der Waals surface area (Å²) in [6.07, 6.45) is 2.59. The lowest BCUT2D eigenvalue weighted by Gasteiger charge is -2.02. The Kier molecular flexibility index (Phi) is 4.74. The zero-order valence-corrected chi connectivity index (χ0v) is 14.0. The zero-order chi connectivity index (χ0) is 15.6. The minimum atomic E-state index is 0. The Bertz CT molecular complexity index is 969. The number of benzene rings is 1. The van der Waals surface area contributed by atoms with Crippen LogP contribution in [-0.2, 0) is 13.0 Å². The van der Waals surface area contributed by atoms with Gasteiger partial charge < -0.3 is 16.8 Å². The van der Waals surface area contributed by atoms with Gasteiger partial charge in [0.2, 0.25) is 5.58 Å². The number of hydrogen-bond donors (Lipinski definition) is 1. The fraction of sp³-hybridized carbons (Fsp3) is 0.167. The first-order valence-electron chi connectivity index (χ1n) is 7.76. The summed E-state index contributed by atoms with van der Waals surface area (Å²) in [5.41, 5.74) is 3.49. The second-order valence-corrected chi connectivity index (χ2v) is 5.38. The van der Waals surface area contributed by atoms with E-state index in [0.717, 1.165) is 45.8 Å². The van der Waals surface area contributed by atoms with Crippen LogP contribution in [0.15, 0.2) is 53.1 Å². The number of halogens is 1. The lowest BCUT2D eigenvalue weighted by Crippen LogP contribution is -3.00. The highest BCUT2D eigenvalue weighted by Crippen LogP contribution is 2.29. The molecule has 4 rings (SSSR count). The smallest absolute Gasteiger partial charge is 0.272 e. The molecule has 0 aliphatic heterocycles. The average molecular weight is 341 g/mol. The highest BCUT2D eigenvalue weighted by molar-refractivity contribution is 6.04. The van der Waals surface area contributed by atoms with Gasteiger partial charge in [0.05, 0.1) is 5.69 Å². The molecule has 0 radical (unpaired) electrons. The van der Waals surface area contributed by atoms with Gasteiger partial charge in [-0.3, -0.25) is 10.3 Å². The van der Waals surface area contributed by atoms with E-state index in [0.29, 0.717) is 6.54 Å². The Hall–Kier alpha value is -2.50. The van der Waals surface area contributed by atoms with Crippen molar-refractivity contribution in [3.8, 4) is 0 Å². The van der Waals surface area contributed by atoms with Gasteiger partial charge in [0, 0.05) is 18.0 Å². The molecule has 3 aromatic heterocycles. The fourth-order valence-electron chi connectivity index (χ4n) is 2.68. The van der Waals surface area contributed by atoms with E-state index in [9.17, 15) is 0 Å². The van der Waals surface area contributed by atoms with Crippen LogP contribution in [0, 0.1) is 0 Å². The van der Waals surface area contributed by atoms with Crippen LogP contribution in [0.25, 0.3) is 22.1 Å². The van der Waals surface area contributed by atoms with Crippen LogP contribution in [-0.4, -0.2) is 15.0 Å². The minimum Gasteiger partial charge on any atom is -1.00 e. The first-order valence-corrected chi connectivity index (χ1v) is 7.76. The number of nitrogens with two attached hydrogens (primary N) is 1. The highest BCUT2D eigenvalue weighted by atomic mass is 35.5. The molecule has 0 bridgehead atoms. The number of hydrogen-bond acceptors (Lipinski definition) is 4. The Balaban J connectivity index is 0.00000169. The summed E-state index contributed by atoms with van der Waals surface area (Å²) < 4.78 is 5.99. The molecule has 0 aliphatic carbocycles. The molecular formula is C18H17ClN4O. The third kappa shape index (κ3) is 2.96. The number of aromatic nitrogens is 3. The first kappa shape index (κ1) is 16.4. The Morgan fingerprint density at radius 2 is 1.88 bits per heavy atom. The van der Waals surface area contributed by atoms with Crippen molar-refractivity contribution < 1.29 is 22.1 Å². The maximum Gasteiger partial charge on any atom is 0.272 e. The van der Waals surface area contributed by atoms with Crippen molar-refractivity contribution in [3.05, 3.63) is 60.2 Å². The lowest BCUT2D eigenvalue weighted by molar-refractivity contribution is -0.591. The van der Waals surface area contributed by atoms with Gasteiger partial charge in [-0.15, -0.1) is 0 Å². The number of aryl methyl sites for hydroxylation is 1. The molecular weight excluding hydrogens is 324 g/mol. The summed E-state index contributed by atoms with van der Waals surface area (Å²) in [6.45, 7) is 2.78. The Morgan fingerprint density at radius 3 is 2.67 bits per heavy atom. The number of para-hydroxylation sites is 1. The molecule has 2 N–H and O–H groups in total. The van der Waals surface area contributed by atoms with Gasteiger partial charge in [-0.25, -0.2) is 4.98 Å². The third-order valence-corrected chi connectivity index (χ3v) is 3.84. The molecule has 0 atom stereocenters. The van der Waals surface area contributed by atoms with Crippen LogP contribution in [0.5, 0.6) is 0 Å². The second-order valence-electron chi connectivity index (χ2n) is 5.38. The van der Waals surface area contributed by atoms with E-state index in [1.165, 1.54) is 0 Å². The number of fused-ring (bicyclic) bond motifs is 3. The minimum absolute atomic E-state index is 0. The average Bonchev–Trinajstić information content (AvgIpc) is 2.99.